The summed E-state index contributed by atoms with van der Waals surface area (Å²) in [5.41, 5.74) is -0.651. The number of guanidine groups is 1. The smallest absolute Gasteiger partial charge is 0.236 e. The summed E-state index contributed by atoms with van der Waals surface area (Å²) in [6.07, 6.45) is 2.05. The standard InChI is InChI=1S/C21H39N5O2S.HI/c1-4-22-20(23-15-21(28)5-10-29-16-21)25-8-6-24(7-9-25)14-19(27)26-12-17(2)11-18(3)13-26;/h17-18,28H,4-16H2,1-3H3,(H,22,23);1H. The summed E-state index contributed by atoms with van der Waals surface area (Å²) < 4.78 is 0. The first-order valence-corrected chi connectivity index (χ1v) is 12.4. The molecule has 1 amide bonds. The lowest BCUT2D eigenvalue weighted by Gasteiger charge is -2.39. The van der Waals surface area contributed by atoms with Gasteiger partial charge in [-0.3, -0.25) is 14.7 Å². The van der Waals surface area contributed by atoms with Gasteiger partial charge in [0.1, 0.15) is 0 Å². The Morgan fingerprint density at radius 2 is 1.83 bits per heavy atom. The largest absolute Gasteiger partial charge is 0.387 e. The fraction of sp³-hybridized carbons (Fsp3) is 0.905. The molecule has 9 heteroatoms. The second-order valence-electron chi connectivity index (χ2n) is 9.21. The molecule has 3 atom stereocenters. The van der Waals surface area contributed by atoms with Crippen LogP contribution in [0.15, 0.2) is 4.99 Å². The molecule has 3 fully saturated rings. The van der Waals surface area contributed by atoms with E-state index in [2.05, 4.69) is 40.8 Å². The molecular formula is C21H40IN5O2S. The van der Waals surface area contributed by atoms with Crippen LogP contribution in [0.25, 0.3) is 0 Å². The fourth-order valence-electron chi connectivity index (χ4n) is 4.64. The third-order valence-electron chi connectivity index (χ3n) is 6.19. The summed E-state index contributed by atoms with van der Waals surface area (Å²) in [5, 5.41) is 14.0. The SMILES string of the molecule is CCNC(=NCC1(O)CCSC1)N1CCN(CC(=O)N2CC(C)CC(C)C2)CC1.I. The zero-order valence-electron chi connectivity index (χ0n) is 18.8. The number of piperidine rings is 1. The van der Waals surface area contributed by atoms with Gasteiger partial charge >= 0.3 is 0 Å². The van der Waals surface area contributed by atoms with Crippen LogP contribution in [0.2, 0.25) is 0 Å². The minimum atomic E-state index is -0.651. The van der Waals surface area contributed by atoms with Crippen molar-refractivity contribution in [2.24, 2.45) is 16.8 Å². The van der Waals surface area contributed by atoms with E-state index in [0.717, 1.165) is 69.7 Å². The third-order valence-corrected chi connectivity index (χ3v) is 7.43. The fourth-order valence-corrected chi connectivity index (χ4v) is 5.93. The molecule has 3 unspecified atom stereocenters. The van der Waals surface area contributed by atoms with E-state index in [-0.39, 0.29) is 29.9 Å². The Morgan fingerprint density at radius 1 is 1.17 bits per heavy atom. The van der Waals surface area contributed by atoms with Crippen LogP contribution >= 0.6 is 35.7 Å². The van der Waals surface area contributed by atoms with Gasteiger partial charge in [-0.15, -0.1) is 24.0 Å². The number of rotatable bonds is 5. The van der Waals surface area contributed by atoms with Crippen molar-refractivity contribution in [3.05, 3.63) is 0 Å². The van der Waals surface area contributed by atoms with Crippen molar-refractivity contribution in [2.45, 2.75) is 39.2 Å². The summed E-state index contributed by atoms with van der Waals surface area (Å²) in [7, 11) is 0. The number of carbonyl (C=O) groups excluding carboxylic acids is 1. The first-order valence-electron chi connectivity index (χ1n) is 11.2. The Hall–Kier alpha value is -0.260. The first kappa shape index (κ1) is 26.0. The lowest BCUT2D eigenvalue weighted by molar-refractivity contribution is -0.135. The van der Waals surface area contributed by atoms with Gasteiger partial charge in [0.2, 0.25) is 5.91 Å². The Morgan fingerprint density at radius 3 is 2.40 bits per heavy atom. The average Bonchev–Trinajstić information content (AvgIpc) is 3.12. The van der Waals surface area contributed by atoms with Gasteiger partial charge in [-0.1, -0.05) is 13.8 Å². The van der Waals surface area contributed by atoms with Crippen LogP contribution < -0.4 is 5.32 Å². The van der Waals surface area contributed by atoms with Crippen molar-refractivity contribution < 1.29 is 9.90 Å². The van der Waals surface area contributed by atoms with E-state index in [1.54, 1.807) is 11.8 Å². The average molecular weight is 554 g/mol. The van der Waals surface area contributed by atoms with Crippen LogP contribution in [0.4, 0.5) is 0 Å². The molecule has 0 spiro atoms. The van der Waals surface area contributed by atoms with E-state index >= 15 is 0 Å². The van der Waals surface area contributed by atoms with E-state index in [1.165, 1.54) is 6.42 Å². The molecule has 0 aromatic carbocycles. The lowest BCUT2D eigenvalue weighted by atomic mass is 9.92. The molecule has 30 heavy (non-hydrogen) atoms. The topological polar surface area (TPSA) is 71.4 Å². The summed E-state index contributed by atoms with van der Waals surface area (Å²) in [4.78, 5) is 24.1. The predicted octanol–water partition coefficient (Wildman–Crippen LogP) is 1.56. The molecular weight excluding hydrogens is 513 g/mol. The summed E-state index contributed by atoms with van der Waals surface area (Å²) in [6.45, 7) is 13.6. The molecule has 3 rings (SSSR count). The Balaban J connectivity index is 0.00000320. The predicted molar refractivity (Wildman–Crippen MR) is 136 cm³/mol. The Kier molecular flexibility index (Phi) is 10.5. The highest BCUT2D eigenvalue weighted by atomic mass is 127. The zero-order chi connectivity index (χ0) is 20.9. The van der Waals surface area contributed by atoms with Crippen LogP contribution in [-0.4, -0.2) is 108 Å². The van der Waals surface area contributed by atoms with Crippen molar-refractivity contribution in [3.63, 3.8) is 0 Å². The zero-order valence-corrected chi connectivity index (χ0v) is 22.0. The number of amides is 1. The number of thioether (sulfide) groups is 1. The maximum absolute atomic E-state index is 12.8. The van der Waals surface area contributed by atoms with E-state index in [4.69, 9.17) is 4.99 Å². The van der Waals surface area contributed by atoms with E-state index in [0.29, 0.717) is 24.9 Å². The number of nitrogens with zero attached hydrogens (tertiary/aromatic N) is 4. The molecule has 3 aliphatic rings. The van der Waals surface area contributed by atoms with Gasteiger partial charge in [0, 0.05) is 51.6 Å². The van der Waals surface area contributed by atoms with Gasteiger partial charge in [0.25, 0.3) is 0 Å². The highest BCUT2D eigenvalue weighted by Crippen LogP contribution is 2.28. The highest BCUT2D eigenvalue weighted by Gasteiger charge is 2.32. The van der Waals surface area contributed by atoms with Gasteiger partial charge in [-0.25, -0.2) is 0 Å². The molecule has 0 aromatic rings. The van der Waals surface area contributed by atoms with Crippen molar-refractivity contribution in [2.75, 3.05) is 70.4 Å². The molecule has 0 bridgehead atoms. The van der Waals surface area contributed by atoms with Gasteiger partial charge < -0.3 is 20.2 Å². The van der Waals surface area contributed by atoms with Crippen molar-refractivity contribution >= 4 is 47.6 Å². The van der Waals surface area contributed by atoms with Gasteiger partial charge in [-0.2, -0.15) is 11.8 Å². The van der Waals surface area contributed by atoms with Crippen LogP contribution in [0, 0.1) is 11.8 Å². The minimum Gasteiger partial charge on any atom is -0.387 e. The highest BCUT2D eigenvalue weighted by molar-refractivity contribution is 14.0. The van der Waals surface area contributed by atoms with E-state index in [1.807, 2.05) is 0 Å². The van der Waals surface area contributed by atoms with Crippen molar-refractivity contribution in [1.82, 2.24) is 20.0 Å². The minimum absolute atomic E-state index is 0. The third kappa shape index (κ3) is 7.41. The lowest BCUT2D eigenvalue weighted by Crippen LogP contribution is -2.55. The molecule has 0 radical (unpaired) electrons. The van der Waals surface area contributed by atoms with Crippen LogP contribution in [-0.2, 0) is 4.79 Å². The molecule has 0 aliphatic carbocycles. The number of likely N-dealkylation sites (tertiary alicyclic amines) is 1. The molecule has 3 heterocycles. The Bertz CT molecular complexity index is 570. The number of piperazine rings is 1. The number of hydrogen-bond acceptors (Lipinski definition) is 5. The summed E-state index contributed by atoms with van der Waals surface area (Å²) in [6, 6.07) is 0. The maximum atomic E-state index is 12.8. The number of aliphatic hydroxyl groups is 1. The number of halogens is 1. The van der Waals surface area contributed by atoms with Gasteiger partial charge in [-0.05, 0) is 37.4 Å². The maximum Gasteiger partial charge on any atom is 0.236 e. The van der Waals surface area contributed by atoms with Crippen LogP contribution in [0.5, 0.6) is 0 Å². The molecule has 0 aromatic heterocycles. The molecule has 174 valence electrons. The van der Waals surface area contributed by atoms with E-state index in [9.17, 15) is 9.90 Å². The van der Waals surface area contributed by atoms with Crippen LogP contribution in [0.3, 0.4) is 0 Å². The molecule has 3 aliphatic heterocycles. The number of hydrogen-bond donors (Lipinski definition) is 2. The van der Waals surface area contributed by atoms with E-state index < -0.39 is 5.60 Å². The quantitative estimate of drug-likeness (QED) is 0.306. The molecule has 7 nitrogen and oxygen atoms in total. The van der Waals surface area contributed by atoms with Crippen molar-refractivity contribution in [1.29, 1.82) is 0 Å². The molecule has 0 saturated carbocycles. The summed E-state index contributed by atoms with van der Waals surface area (Å²) in [5.74, 6) is 4.17. The number of carbonyl (C=O) groups is 1. The van der Waals surface area contributed by atoms with Gasteiger partial charge in [0.15, 0.2) is 5.96 Å². The number of aliphatic imine (C=N–C) groups is 1. The number of nitrogens with one attached hydrogen (secondary N) is 1. The second-order valence-corrected chi connectivity index (χ2v) is 10.3. The molecule has 2 N–H and O–H groups in total. The normalized spacial score (nSPS) is 30.9. The first-order chi connectivity index (χ1) is 13.9. The van der Waals surface area contributed by atoms with Crippen LogP contribution in [0.1, 0.15) is 33.6 Å². The summed E-state index contributed by atoms with van der Waals surface area (Å²) >= 11 is 1.80. The second kappa shape index (κ2) is 12.1. The monoisotopic (exact) mass is 553 g/mol. The van der Waals surface area contributed by atoms with Gasteiger partial charge in [0.05, 0.1) is 18.7 Å². The van der Waals surface area contributed by atoms with Crippen molar-refractivity contribution in [3.8, 4) is 0 Å². The molecule has 3 saturated heterocycles. The Labute approximate surface area is 203 Å².